The van der Waals surface area contributed by atoms with Gasteiger partial charge in [0.05, 0.1) is 25.6 Å². The molecule has 9 nitrogen and oxygen atoms in total. The maximum atomic E-state index is 14.7. The van der Waals surface area contributed by atoms with Crippen LogP contribution < -0.4 is 11.5 Å². The molecule has 0 aromatic rings. The molecule has 1 heterocycles. The molecular formula is C12H21F2N3O6. The van der Waals surface area contributed by atoms with Crippen LogP contribution in [0.2, 0.25) is 0 Å². The first-order chi connectivity index (χ1) is 10.6. The Balaban J connectivity index is 3.28. The molecule has 23 heavy (non-hydrogen) atoms. The van der Waals surface area contributed by atoms with Crippen LogP contribution in [-0.4, -0.2) is 83.3 Å². The fourth-order valence-electron chi connectivity index (χ4n) is 2.26. The lowest BCUT2D eigenvalue weighted by atomic mass is 9.87. The standard InChI is InChI=1S/C12H21F2N3O6/c1-4(15)17-7-6(16)9(8(20)5(19)3-18)23-12(14,10(7)13)11(21)22-2/h5-10,18-20H,3,16H2,1-2H3,(H2,15,17)/t5-,6?,7?,8-,9?,10?,12?/m1/s1. The number of nitrogens with two attached hydrogens (primary N) is 2. The van der Waals surface area contributed by atoms with Crippen molar-refractivity contribution in [2.75, 3.05) is 13.7 Å². The van der Waals surface area contributed by atoms with E-state index in [1.807, 2.05) is 0 Å². The van der Waals surface area contributed by atoms with E-state index in [-0.39, 0.29) is 5.84 Å². The number of aliphatic hydroxyl groups is 3. The number of carbonyl (C=O) groups is 1. The number of alkyl halides is 2. The van der Waals surface area contributed by atoms with Crippen molar-refractivity contribution in [1.29, 1.82) is 0 Å². The third-order valence-corrected chi connectivity index (χ3v) is 3.47. The highest BCUT2D eigenvalue weighted by molar-refractivity contribution is 5.80. The van der Waals surface area contributed by atoms with Crippen LogP contribution in [0.25, 0.3) is 0 Å². The number of aliphatic hydroxyl groups excluding tert-OH is 3. The first-order valence-electron chi connectivity index (χ1n) is 6.71. The summed E-state index contributed by atoms with van der Waals surface area (Å²) in [4.78, 5) is 15.2. The number of aliphatic imine (C=N–C) groups is 1. The van der Waals surface area contributed by atoms with Crippen molar-refractivity contribution in [3.05, 3.63) is 0 Å². The Bertz CT molecular complexity index is 464. The summed E-state index contributed by atoms with van der Waals surface area (Å²) in [6.07, 6.45) is -8.06. The molecule has 1 aliphatic rings. The molecule has 0 amide bonds. The summed E-state index contributed by atoms with van der Waals surface area (Å²) in [5.41, 5.74) is 11.1. The van der Waals surface area contributed by atoms with Crippen LogP contribution in [0.3, 0.4) is 0 Å². The second-order valence-electron chi connectivity index (χ2n) is 5.20. The molecule has 1 saturated heterocycles. The van der Waals surface area contributed by atoms with Crippen molar-refractivity contribution in [2.45, 2.75) is 49.3 Å². The summed E-state index contributed by atoms with van der Waals surface area (Å²) >= 11 is 0. The van der Waals surface area contributed by atoms with E-state index in [0.29, 0.717) is 0 Å². The van der Waals surface area contributed by atoms with Crippen LogP contribution >= 0.6 is 0 Å². The lowest BCUT2D eigenvalue weighted by molar-refractivity contribution is -0.275. The minimum atomic E-state index is -3.60. The van der Waals surface area contributed by atoms with E-state index in [1.54, 1.807) is 0 Å². The van der Waals surface area contributed by atoms with Crippen molar-refractivity contribution in [1.82, 2.24) is 0 Å². The first kappa shape index (κ1) is 19.6. The van der Waals surface area contributed by atoms with Crippen LogP contribution in [0, 0.1) is 0 Å². The Morgan fingerprint density at radius 2 is 2.09 bits per heavy atom. The summed E-state index contributed by atoms with van der Waals surface area (Å²) in [5, 5.41) is 28.2. The molecule has 0 saturated carbocycles. The Hall–Kier alpha value is -1.40. The Morgan fingerprint density at radius 3 is 2.52 bits per heavy atom. The Morgan fingerprint density at radius 1 is 1.52 bits per heavy atom. The van der Waals surface area contributed by atoms with Crippen molar-refractivity contribution in [3.8, 4) is 0 Å². The van der Waals surface area contributed by atoms with E-state index in [1.165, 1.54) is 6.92 Å². The van der Waals surface area contributed by atoms with Gasteiger partial charge in [0.1, 0.15) is 24.4 Å². The number of amidine groups is 1. The third-order valence-electron chi connectivity index (χ3n) is 3.47. The minimum absolute atomic E-state index is 0.141. The lowest BCUT2D eigenvalue weighted by Gasteiger charge is -2.44. The molecule has 0 aromatic carbocycles. The number of methoxy groups -OCH3 is 1. The number of rotatable bonds is 5. The molecular weight excluding hydrogens is 320 g/mol. The Kier molecular flexibility index (Phi) is 6.36. The van der Waals surface area contributed by atoms with Gasteiger partial charge in [0, 0.05) is 0 Å². The molecule has 0 bridgehead atoms. The molecule has 0 aromatic heterocycles. The number of nitrogens with zero attached hydrogens (tertiary/aromatic N) is 1. The van der Waals surface area contributed by atoms with Crippen LogP contribution in [0.15, 0.2) is 4.99 Å². The summed E-state index contributed by atoms with van der Waals surface area (Å²) < 4.78 is 38.0. The van der Waals surface area contributed by atoms with Crippen molar-refractivity contribution < 1.29 is 38.4 Å². The van der Waals surface area contributed by atoms with Gasteiger partial charge in [-0.3, -0.25) is 4.99 Å². The van der Waals surface area contributed by atoms with Crippen molar-refractivity contribution in [2.24, 2.45) is 16.5 Å². The van der Waals surface area contributed by atoms with Crippen LogP contribution in [0.5, 0.6) is 0 Å². The molecule has 11 heteroatoms. The van der Waals surface area contributed by atoms with E-state index in [2.05, 4.69) is 14.5 Å². The average molecular weight is 341 g/mol. The van der Waals surface area contributed by atoms with E-state index in [9.17, 15) is 23.8 Å². The second kappa shape index (κ2) is 7.45. The van der Waals surface area contributed by atoms with Gasteiger partial charge < -0.3 is 36.3 Å². The monoisotopic (exact) mass is 341 g/mol. The molecule has 0 aliphatic carbocycles. The van der Waals surface area contributed by atoms with Crippen LogP contribution in [0.1, 0.15) is 6.92 Å². The number of halogens is 2. The second-order valence-corrected chi connectivity index (χ2v) is 5.20. The molecule has 5 unspecified atom stereocenters. The van der Waals surface area contributed by atoms with Gasteiger partial charge in [-0.2, -0.15) is 4.39 Å². The summed E-state index contributed by atoms with van der Waals surface area (Å²) in [5.74, 6) is -5.43. The zero-order valence-corrected chi connectivity index (χ0v) is 12.6. The zero-order valence-electron chi connectivity index (χ0n) is 12.6. The maximum absolute atomic E-state index is 14.7. The van der Waals surface area contributed by atoms with Gasteiger partial charge in [-0.1, -0.05) is 0 Å². The Labute approximate surface area is 130 Å². The van der Waals surface area contributed by atoms with Gasteiger partial charge in [0.25, 0.3) is 0 Å². The highest BCUT2D eigenvalue weighted by Crippen LogP contribution is 2.37. The first-order valence-corrected chi connectivity index (χ1v) is 6.71. The zero-order chi connectivity index (χ0) is 17.9. The number of ether oxygens (including phenoxy) is 2. The average Bonchev–Trinajstić information content (AvgIpc) is 2.52. The molecule has 1 fully saturated rings. The van der Waals surface area contributed by atoms with Gasteiger partial charge in [-0.15, -0.1) is 0 Å². The molecule has 134 valence electrons. The smallest absolute Gasteiger partial charge is 0.375 e. The number of hydrogen-bond acceptors (Lipinski definition) is 8. The van der Waals surface area contributed by atoms with Crippen LogP contribution in [0.4, 0.5) is 8.78 Å². The highest BCUT2D eigenvalue weighted by atomic mass is 19.2. The predicted molar refractivity (Wildman–Crippen MR) is 73.8 cm³/mol. The fraction of sp³-hybridized carbons (Fsp3) is 0.833. The molecule has 0 spiro atoms. The molecule has 7 atom stereocenters. The lowest BCUT2D eigenvalue weighted by Crippen LogP contribution is -2.69. The molecule has 7 N–H and O–H groups in total. The number of esters is 1. The third kappa shape index (κ3) is 3.75. The van der Waals surface area contributed by atoms with E-state index in [4.69, 9.17) is 16.6 Å². The largest absolute Gasteiger partial charge is 0.465 e. The predicted octanol–water partition coefficient (Wildman–Crippen LogP) is -2.65. The molecule has 1 aliphatic heterocycles. The molecule has 1 rings (SSSR count). The van der Waals surface area contributed by atoms with Gasteiger partial charge in [-0.05, 0) is 6.92 Å². The van der Waals surface area contributed by atoms with Crippen molar-refractivity contribution in [3.63, 3.8) is 0 Å². The van der Waals surface area contributed by atoms with Gasteiger partial charge in [0.15, 0.2) is 6.17 Å². The van der Waals surface area contributed by atoms with Crippen LogP contribution in [-0.2, 0) is 14.3 Å². The van der Waals surface area contributed by atoms with Crippen molar-refractivity contribution >= 4 is 11.8 Å². The number of hydrogen-bond donors (Lipinski definition) is 5. The number of carbonyl (C=O) groups excluding carboxylic acids is 1. The van der Waals surface area contributed by atoms with E-state index >= 15 is 0 Å². The topological polar surface area (TPSA) is 161 Å². The fourth-order valence-corrected chi connectivity index (χ4v) is 2.26. The van der Waals surface area contributed by atoms with Gasteiger partial charge in [-0.25, -0.2) is 9.18 Å². The van der Waals surface area contributed by atoms with E-state index in [0.717, 1.165) is 7.11 Å². The quantitative estimate of drug-likeness (QED) is 0.206. The van der Waals surface area contributed by atoms with E-state index < -0.39 is 55.0 Å². The van der Waals surface area contributed by atoms with Gasteiger partial charge in [0.2, 0.25) is 0 Å². The summed E-state index contributed by atoms with van der Waals surface area (Å²) in [6, 6.07) is -3.13. The highest BCUT2D eigenvalue weighted by Gasteiger charge is 2.62. The maximum Gasteiger partial charge on any atom is 0.375 e. The molecule has 0 radical (unpaired) electrons. The summed E-state index contributed by atoms with van der Waals surface area (Å²) in [6.45, 7) is 0.398. The SMILES string of the molecule is COC(=O)C1(F)OC([C@H](O)[C@H](O)CO)C(N)C(N=C(C)N)C1F. The van der Waals surface area contributed by atoms with Gasteiger partial charge >= 0.3 is 11.8 Å². The summed E-state index contributed by atoms with van der Waals surface area (Å²) in [7, 11) is 0.814. The minimum Gasteiger partial charge on any atom is -0.465 e. The normalized spacial score (nSPS) is 38.0.